The van der Waals surface area contributed by atoms with Crippen LogP contribution in [0.1, 0.15) is 40.2 Å². The molecule has 0 radical (unpaired) electrons. The maximum atomic E-state index is 11.6. The lowest BCUT2D eigenvalue weighted by molar-refractivity contribution is -0.114. The maximum Gasteiger partial charge on any atom is 0.407 e. The average molecular weight is 321 g/mol. The SMILES string of the molecule is CC(=O)Nc1ccc(CNC(C)CNC(=O)OC(C)(C)C)cc1. The van der Waals surface area contributed by atoms with Crippen LogP contribution in [0.4, 0.5) is 10.5 Å². The molecule has 3 N–H and O–H groups in total. The van der Waals surface area contributed by atoms with Crippen LogP contribution in [0.2, 0.25) is 0 Å². The Bertz CT molecular complexity index is 521. The van der Waals surface area contributed by atoms with Crippen LogP contribution in [0.15, 0.2) is 24.3 Å². The van der Waals surface area contributed by atoms with Gasteiger partial charge in [-0.15, -0.1) is 0 Å². The molecular weight excluding hydrogens is 294 g/mol. The summed E-state index contributed by atoms with van der Waals surface area (Å²) in [5, 5.41) is 8.78. The number of hydrogen-bond donors (Lipinski definition) is 3. The monoisotopic (exact) mass is 321 g/mol. The van der Waals surface area contributed by atoms with Crippen LogP contribution < -0.4 is 16.0 Å². The molecule has 0 fully saturated rings. The van der Waals surface area contributed by atoms with Gasteiger partial charge in [-0.05, 0) is 45.4 Å². The number of carbonyl (C=O) groups is 2. The van der Waals surface area contributed by atoms with Gasteiger partial charge in [-0.2, -0.15) is 0 Å². The van der Waals surface area contributed by atoms with E-state index in [9.17, 15) is 9.59 Å². The van der Waals surface area contributed by atoms with E-state index in [0.29, 0.717) is 13.1 Å². The molecule has 2 amide bonds. The molecule has 6 heteroatoms. The summed E-state index contributed by atoms with van der Waals surface area (Å²) in [7, 11) is 0. The molecule has 0 aromatic heterocycles. The molecular formula is C17H27N3O3. The summed E-state index contributed by atoms with van der Waals surface area (Å²) in [6, 6.07) is 7.74. The highest BCUT2D eigenvalue weighted by molar-refractivity contribution is 5.88. The first-order valence-electron chi connectivity index (χ1n) is 7.72. The lowest BCUT2D eigenvalue weighted by Gasteiger charge is -2.21. The molecule has 0 heterocycles. The van der Waals surface area contributed by atoms with Crippen LogP contribution in [-0.2, 0) is 16.1 Å². The summed E-state index contributed by atoms with van der Waals surface area (Å²) >= 11 is 0. The smallest absolute Gasteiger partial charge is 0.407 e. The molecule has 1 aromatic rings. The zero-order valence-electron chi connectivity index (χ0n) is 14.5. The minimum Gasteiger partial charge on any atom is -0.444 e. The Morgan fingerprint density at radius 1 is 1.17 bits per heavy atom. The van der Waals surface area contributed by atoms with Crippen molar-refractivity contribution in [1.29, 1.82) is 0 Å². The van der Waals surface area contributed by atoms with E-state index in [1.165, 1.54) is 6.92 Å². The van der Waals surface area contributed by atoms with Crippen molar-refractivity contribution in [2.75, 3.05) is 11.9 Å². The minimum atomic E-state index is -0.490. The van der Waals surface area contributed by atoms with Gasteiger partial charge in [0, 0.05) is 31.7 Å². The molecule has 0 spiro atoms. The number of alkyl carbamates (subject to hydrolysis) is 1. The van der Waals surface area contributed by atoms with Gasteiger partial charge in [0.2, 0.25) is 5.91 Å². The average Bonchev–Trinajstić information content (AvgIpc) is 2.42. The van der Waals surface area contributed by atoms with Crippen LogP contribution in [-0.4, -0.2) is 30.2 Å². The van der Waals surface area contributed by atoms with E-state index in [0.717, 1.165) is 11.3 Å². The molecule has 0 aliphatic rings. The molecule has 128 valence electrons. The largest absolute Gasteiger partial charge is 0.444 e. The van der Waals surface area contributed by atoms with Gasteiger partial charge in [0.15, 0.2) is 0 Å². The molecule has 0 saturated carbocycles. The molecule has 1 aromatic carbocycles. The Morgan fingerprint density at radius 2 is 1.78 bits per heavy atom. The van der Waals surface area contributed by atoms with Crippen molar-refractivity contribution in [3.63, 3.8) is 0 Å². The number of anilines is 1. The number of hydrogen-bond acceptors (Lipinski definition) is 4. The number of rotatable bonds is 6. The van der Waals surface area contributed by atoms with Crippen molar-refractivity contribution in [2.24, 2.45) is 0 Å². The topological polar surface area (TPSA) is 79.5 Å². The summed E-state index contributed by atoms with van der Waals surface area (Å²) < 4.78 is 5.18. The van der Waals surface area contributed by atoms with E-state index in [4.69, 9.17) is 4.74 Å². The van der Waals surface area contributed by atoms with Crippen LogP contribution in [0.25, 0.3) is 0 Å². The van der Waals surface area contributed by atoms with Crippen molar-refractivity contribution in [3.05, 3.63) is 29.8 Å². The Labute approximate surface area is 138 Å². The van der Waals surface area contributed by atoms with Crippen molar-refractivity contribution < 1.29 is 14.3 Å². The predicted octanol–water partition coefficient (Wildman–Crippen LogP) is 2.65. The number of carbonyl (C=O) groups excluding carboxylic acids is 2. The number of amides is 2. The van der Waals surface area contributed by atoms with E-state index < -0.39 is 11.7 Å². The molecule has 23 heavy (non-hydrogen) atoms. The van der Waals surface area contributed by atoms with Crippen LogP contribution >= 0.6 is 0 Å². The predicted molar refractivity (Wildman–Crippen MR) is 91.3 cm³/mol. The Morgan fingerprint density at radius 3 is 2.30 bits per heavy atom. The van der Waals surface area contributed by atoms with Crippen molar-refractivity contribution in [2.45, 2.75) is 52.8 Å². The van der Waals surface area contributed by atoms with E-state index in [1.807, 2.05) is 52.0 Å². The molecule has 1 rings (SSSR count). The fraction of sp³-hybridized carbons (Fsp3) is 0.529. The van der Waals surface area contributed by atoms with E-state index in [1.54, 1.807) is 0 Å². The van der Waals surface area contributed by atoms with Crippen LogP contribution in [0, 0.1) is 0 Å². The van der Waals surface area contributed by atoms with Crippen molar-refractivity contribution in [1.82, 2.24) is 10.6 Å². The van der Waals surface area contributed by atoms with Gasteiger partial charge in [0.05, 0.1) is 0 Å². The maximum absolute atomic E-state index is 11.6. The quantitative estimate of drug-likeness (QED) is 0.752. The minimum absolute atomic E-state index is 0.0854. The zero-order chi connectivity index (χ0) is 17.5. The number of ether oxygens (including phenoxy) is 1. The molecule has 0 aliphatic carbocycles. The lowest BCUT2D eigenvalue weighted by Crippen LogP contribution is -2.40. The third-order valence-electron chi connectivity index (χ3n) is 2.88. The Kier molecular flexibility index (Phi) is 7.03. The third kappa shape index (κ3) is 8.83. The Hall–Kier alpha value is -2.08. The summed E-state index contributed by atoms with van der Waals surface area (Å²) in [5.74, 6) is -0.0854. The van der Waals surface area contributed by atoms with Gasteiger partial charge in [-0.1, -0.05) is 12.1 Å². The second kappa shape index (κ2) is 8.53. The number of benzene rings is 1. The van der Waals surface area contributed by atoms with Gasteiger partial charge in [-0.3, -0.25) is 4.79 Å². The van der Waals surface area contributed by atoms with Gasteiger partial charge in [0.1, 0.15) is 5.60 Å². The fourth-order valence-electron chi connectivity index (χ4n) is 1.82. The summed E-state index contributed by atoms with van der Waals surface area (Å²) in [6.45, 7) is 10.1. The van der Waals surface area contributed by atoms with E-state index >= 15 is 0 Å². The standard InChI is InChI=1S/C17H27N3O3/c1-12(10-19-16(22)23-17(3,4)5)18-11-14-6-8-15(9-7-14)20-13(2)21/h6-9,12,18H,10-11H2,1-5H3,(H,19,22)(H,20,21). The molecule has 0 saturated heterocycles. The van der Waals surface area contributed by atoms with E-state index in [2.05, 4.69) is 16.0 Å². The first kappa shape index (κ1) is 19.0. The summed E-state index contributed by atoms with van der Waals surface area (Å²) in [6.07, 6.45) is -0.411. The molecule has 0 bridgehead atoms. The van der Waals surface area contributed by atoms with Gasteiger partial charge in [-0.25, -0.2) is 4.79 Å². The van der Waals surface area contributed by atoms with E-state index in [-0.39, 0.29) is 11.9 Å². The van der Waals surface area contributed by atoms with Gasteiger partial charge >= 0.3 is 6.09 Å². The second-order valence-electron chi connectivity index (χ2n) is 6.54. The van der Waals surface area contributed by atoms with Crippen LogP contribution in [0.5, 0.6) is 0 Å². The Balaban J connectivity index is 2.31. The van der Waals surface area contributed by atoms with Gasteiger partial charge in [0.25, 0.3) is 0 Å². The molecule has 1 atom stereocenters. The summed E-state index contributed by atoms with van der Waals surface area (Å²) in [5.41, 5.74) is 1.39. The second-order valence-corrected chi connectivity index (χ2v) is 6.54. The molecule has 0 aliphatic heterocycles. The molecule has 6 nitrogen and oxygen atoms in total. The zero-order valence-corrected chi connectivity index (χ0v) is 14.5. The van der Waals surface area contributed by atoms with Gasteiger partial charge < -0.3 is 20.7 Å². The summed E-state index contributed by atoms with van der Waals surface area (Å²) in [4.78, 5) is 22.5. The molecule has 1 unspecified atom stereocenters. The van der Waals surface area contributed by atoms with Crippen molar-refractivity contribution in [3.8, 4) is 0 Å². The first-order chi connectivity index (χ1) is 10.7. The van der Waals surface area contributed by atoms with Crippen molar-refractivity contribution >= 4 is 17.7 Å². The highest BCUT2D eigenvalue weighted by atomic mass is 16.6. The third-order valence-corrected chi connectivity index (χ3v) is 2.88. The highest BCUT2D eigenvalue weighted by Crippen LogP contribution is 2.09. The normalized spacial score (nSPS) is 12.4. The lowest BCUT2D eigenvalue weighted by atomic mass is 10.2. The number of nitrogens with one attached hydrogen (secondary N) is 3. The fourth-order valence-corrected chi connectivity index (χ4v) is 1.82. The first-order valence-corrected chi connectivity index (χ1v) is 7.72. The highest BCUT2D eigenvalue weighted by Gasteiger charge is 2.16. The van der Waals surface area contributed by atoms with Crippen LogP contribution in [0.3, 0.4) is 0 Å².